The van der Waals surface area contributed by atoms with Gasteiger partial charge in [0, 0.05) is 37.7 Å². The fraction of sp³-hybridized carbons (Fsp3) is 0.529. The van der Waals surface area contributed by atoms with E-state index < -0.39 is 5.91 Å². The second-order valence-electron chi connectivity index (χ2n) is 6.01. The monoisotopic (exact) mass is 303 g/mol. The minimum absolute atomic E-state index is 0.243. The minimum atomic E-state index is -0.402. The van der Waals surface area contributed by atoms with Crippen LogP contribution in [0.5, 0.6) is 0 Å². The van der Waals surface area contributed by atoms with Crippen LogP contribution in [0.1, 0.15) is 42.6 Å². The summed E-state index contributed by atoms with van der Waals surface area (Å²) < 4.78 is 0. The predicted octanol–water partition coefficient (Wildman–Crippen LogP) is 1.52. The largest absolute Gasteiger partial charge is 0.366 e. The van der Waals surface area contributed by atoms with Crippen molar-refractivity contribution >= 4 is 11.8 Å². The van der Waals surface area contributed by atoms with Crippen molar-refractivity contribution in [3.05, 3.63) is 35.4 Å². The van der Waals surface area contributed by atoms with E-state index in [1.165, 1.54) is 0 Å². The first-order valence-corrected chi connectivity index (χ1v) is 7.91. The Kier molecular flexibility index (Phi) is 5.55. The Labute approximate surface area is 131 Å². The van der Waals surface area contributed by atoms with Crippen molar-refractivity contribution in [3.8, 4) is 0 Å². The molecule has 2 amide bonds. The van der Waals surface area contributed by atoms with Crippen LogP contribution < -0.4 is 11.1 Å². The first-order valence-electron chi connectivity index (χ1n) is 7.91. The molecule has 0 aliphatic carbocycles. The molecule has 1 aliphatic rings. The summed E-state index contributed by atoms with van der Waals surface area (Å²) in [5.41, 5.74) is 6.89. The van der Waals surface area contributed by atoms with Gasteiger partial charge in [-0.3, -0.25) is 9.59 Å². The number of nitrogens with two attached hydrogens (primary N) is 1. The SMILES string of the molecule is CCC(=O)N1CCC(NCc2ccc(C(N)=O)cc2)C(C)C1. The number of nitrogens with one attached hydrogen (secondary N) is 1. The topological polar surface area (TPSA) is 75.4 Å². The summed E-state index contributed by atoms with van der Waals surface area (Å²) in [7, 11) is 0. The maximum atomic E-state index is 11.8. The molecule has 2 rings (SSSR count). The highest BCUT2D eigenvalue weighted by atomic mass is 16.2. The van der Waals surface area contributed by atoms with Gasteiger partial charge in [-0.15, -0.1) is 0 Å². The molecule has 0 spiro atoms. The summed E-state index contributed by atoms with van der Waals surface area (Å²) in [6.45, 7) is 6.51. The number of primary amides is 1. The summed E-state index contributed by atoms with van der Waals surface area (Å²) in [6.07, 6.45) is 1.56. The molecule has 1 aromatic carbocycles. The van der Waals surface area contributed by atoms with Crippen LogP contribution in [0.3, 0.4) is 0 Å². The molecule has 0 bridgehead atoms. The summed E-state index contributed by atoms with van der Waals surface area (Å²) in [4.78, 5) is 24.8. The molecule has 1 aliphatic heterocycles. The first kappa shape index (κ1) is 16.5. The third kappa shape index (κ3) is 4.07. The summed E-state index contributed by atoms with van der Waals surface area (Å²) >= 11 is 0. The Morgan fingerprint density at radius 2 is 2.00 bits per heavy atom. The molecule has 22 heavy (non-hydrogen) atoms. The van der Waals surface area contributed by atoms with Crippen molar-refractivity contribution in [1.82, 2.24) is 10.2 Å². The van der Waals surface area contributed by atoms with E-state index in [1.54, 1.807) is 12.1 Å². The summed E-state index contributed by atoms with van der Waals surface area (Å²) in [6, 6.07) is 7.77. The van der Waals surface area contributed by atoms with Crippen molar-refractivity contribution in [2.45, 2.75) is 39.3 Å². The van der Waals surface area contributed by atoms with Gasteiger partial charge in [0.2, 0.25) is 11.8 Å². The zero-order valence-electron chi connectivity index (χ0n) is 13.3. The lowest BCUT2D eigenvalue weighted by atomic mass is 9.93. The average Bonchev–Trinajstić information content (AvgIpc) is 2.53. The summed E-state index contributed by atoms with van der Waals surface area (Å²) in [5, 5.41) is 3.56. The number of likely N-dealkylation sites (tertiary alicyclic amines) is 1. The first-order chi connectivity index (χ1) is 10.5. The van der Waals surface area contributed by atoms with E-state index in [-0.39, 0.29) is 5.91 Å². The fourth-order valence-corrected chi connectivity index (χ4v) is 2.93. The van der Waals surface area contributed by atoms with Gasteiger partial charge in [0.1, 0.15) is 0 Å². The Balaban J connectivity index is 1.84. The van der Waals surface area contributed by atoms with E-state index in [0.717, 1.165) is 31.6 Å². The molecule has 3 N–H and O–H groups in total. The lowest BCUT2D eigenvalue weighted by Gasteiger charge is -2.37. The van der Waals surface area contributed by atoms with Crippen molar-refractivity contribution in [3.63, 3.8) is 0 Å². The number of carbonyl (C=O) groups is 2. The van der Waals surface area contributed by atoms with Gasteiger partial charge >= 0.3 is 0 Å². The molecule has 1 aromatic rings. The Hall–Kier alpha value is -1.88. The van der Waals surface area contributed by atoms with Crippen LogP contribution in [-0.4, -0.2) is 35.8 Å². The Morgan fingerprint density at radius 3 is 2.55 bits per heavy atom. The van der Waals surface area contributed by atoms with Crippen molar-refractivity contribution in [2.75, 3.05) is 13.1 Å². The molecule has 1 heterocycles. The molecule has 120 valence electrons. The molecule has 0 aromatic heterocycles. The van der Waals surface area contributed by atoms with Crippen molar-refractivity contribution < 1.29 is 9.59 Å². The molecule has 2 atom stereocenters. The molecule has 5 heteroatoms. The molecule has 1 saturated heterocycles. The quantitative estimate of drug-likeness (QED) is 0.866. The van der Waals surface area contributed by atoms with Crippen LogP contribution >= 0.6 is 0 Å². The highest BCUT2D eigenvalue weighted by Gasteiger charge is 2.27. The lowest BCUT2D eigenvalue weighted by Crippen LogP contribution is -2.49. The maximum absolute atomic E-state index is 11.8. The molecule has 5 nitrogen and oxygen atoms in total. The fourth-order valence-electron chi connectivity index (χ4n) is 2.93. The molecule has 0 radical (unpaired) electrons. The number of benzene rings is 1. The average molecular weight is 303 g/mol. The number of hydrogen-bond donors (Lipinski definition) is 2. The normalized spacial score (nSPS) is 21.6. The zero-order valence-corrected chi connectivity index (χ0v) is 13.3. The number of rotatable bonds is 5. The van der Waals surface area contributed by atoms with Crippen LogP contribution in [0, 0.1) is 5.92 Å². The van der Waals surface area contributed by atoms with Gasteiger partial charge in [-0.1, -0.05) is 26.0 Å². The summed E-state index contributed by atoms with van der Waals surface area (Å²) in [5.74, 6) is 0.280. The maximum Gasteiger partial charge on any atom is 0.248 e. The number of hydrogen-bond acceptors (Lipinski definition) is 3. The highest BCUT2D eigenvalue weighted by molar-refractivity contribution is 5.92. The third-order valence-corrected chi connectivity index (χ3v) is 4.37. The zero-order chi connectivity index (χ0) is 16.1. The van der Waals surface area contributed by atoms with Crippen LogP contribution in [0.25, 0.3) is 0 Å². The number of nitrogens with zero attached hydrogens (tertiary/aromatic N) is 1. The number of carbonyl (C=O) groups excluding carboxylic acids is 2. The number of piperidine rings is 1. The highest BCUT2D eigenvalue weighted by Crippen LogP contribution is 2.18. The van der Waals surface area contributed by atoms with E-state index in [9.17, 15) is 9.59 Å². The Morgan fingerprint density at radius 1 is 1.32 bits per heavy atom. The lowest BCUT2D eigenvalue weighted by molar-refractivity contribution is -0.132. The molecular weight excluding hydrogens is 278 g/mol. The molecule has 0 saturated carbocycles. The van der Waals surface area contributed by atoms with Crippen LogP contribution in [-0.2, 0) is 11.3 Å². The van der Waals surface area contributed by atoms with Crippen LogP contribution in [0.15, 0.2) is 24.3 Å². The minimum Gasteiger partial charge on any atom is -0.366 e. The van der Waals surface area contributed by atoms with Gasteiger partial charge in [-0.2, -0.15) is 0 Å². The van der Waals surface area contributed by atoms with Crippen LogP contribution in [0.4, 0.5) is 0 Å². The molecule has 1 fully saturated rings. The third-order valence-electron chi connectivity index (χ3n) is 4.37. The van der Waals surface area contributed by atoms with E-state index in [0.29, 0.717) is 23.9 Å². The standard InChI is InChI=1S/C17H25N3O2/c1-3-16(21)20-9-8-15(12(2)11-20)19-10-13-4-6-14(7-5-13)17(18)22/h4-7,12,15,19H,3,8-11H2,1-2H3,(H2,18,22). The second-order valence-corrected chi connectivity index (χ2v) is 6.01. The molecular formula is C17H25N3O2. The van der Waals surface area contributed by atoms with Gasteiger partial charge in [-0.25, -0.2) is 0 Å². The number of amides is 2. The van der Waals surface area contributed by atoms with Gasteiger partial charge in [0.25, 0.3) is 0 Å². The van der Waals surface area contributed by atoms with E-state index in [4.69, 9.17) is 5.73 Å². The van der Waals surface area contributed by atoms with E-state index >= 15 is 0 Å². The van der Waals surface area contributed by atoms with Gasteiger partial charge in [0.15, 0.2) is 0 Å². The van der Waals surface area contributed by atoms with Crippen LogP contribution in [0.2, 0.25) is 0 Å². The smallest absolute Gasteiger partial charge is 0.248 e. The van der Waals surface area contributed by atoms with Gasteiger partial charge in [0.05, 0.1) is 0 Å². The van der Waals surface area contributed by atoms with Crippen molar-refractivity contribution in [2.24, 2.45) is 11.7 Å². The van der Waals surface area contributed by atoms with Gasteiger partial charge in [-0.05, 0) is 30.0 Å². The Bertz CT molecular complexity index is 527. The second kappa shape index (κ2) is 7.40. The predicted molar refractivity (Wildman–Crippen MR) is 86.2 cm³/mol. The van der Waals surface area contributed by atoms with Crippen molar-refractivity contribution in [1.29, 1.82) is 0 Å². The van der Waals surface area contributed by atoms with E-state index in [1.807, 2.05) is 24.0 Å². The molecule has 2 unspecified atom stereocenters. The van der Waals surface area contributed by atoms with E-state index in [2.05, 4.69) is 12.2 Å². The van der Waals surface area contributed by atoms with Gasteiger partial charge < -0.3 is 16.0 Å².